The lowest BCUT2D eigenvalue weighted by Gasteiger charge is -2.14. The van der Waals surface area contributed by atoms with E-state index in [9.17, 15) is 0 Å². The minimum Gasteiger partial charge on any atom is -0.464 e. The fourth-order valence-electron chi connectivity index (χ4n) is 1.67. The molecule has 0 aliphatic rings. The van der Waals surface area contributed by atoms with Crippen LogP contribution < -0.4 is 5.32 Å². The Morgan fingerprint density at radius 3 is 2.59 bits per heavy atom. The molecule has 1 atom stereocenters. The molecule has 2 heterocycles. The molecular weight excluding hydrogens is 236 g/mol. The average molecular weight is 251 g/mol. The Morgan fingerprint density at radius 2 is 2.00 bits per heavy atom. The highest BCUT2D eigenvalue weighted by Gasteiger charge is 2.10. The maximum Gasteiger partial charge on any atom is 0.129 e. The largest absolute Gasteiger partial charge is 0.464 e. The summed E-state index contributed by atoms with van der Waals surface area (Å²) in [5, 5.41) is 3.86. The second-order valence-electron chi connectivity index (χ2n) is 4.08. The fourth-order valence-corrected chi connectivity index (χ4v) is 1.86. The van der Waals surface area contributed by atoms with E-state index >= 15 is 0 Å². The van der Waals surface area contributed by atoms with E-state index in [4.69, 9.17) is 16.0 Å². The average Bonchev–Trinajstić information content (AvgIpc) is 2.69. The molecule has 0 saturated heterocycles. The molecule has 0 aromatic carbocycles. The Bertz CT molecular complexity index is 522. The summed E-state index contributed by atoms with van der Waals surface area (Å²) in [5.41, 5.74) is 1.85. The van der Waals surface area contributed by atoms with Gasteiger partial charge in [-0.3, -0.25) is 0 Å². The van der Waals surface area contributed by atoms with Crippen LogP contribution in [0.1, 0.15) is 30.2 Å². The highest BCUT2D eigenvalue weighted by molar-refractivity contribution is 6.29. The van der Waals surface area contributed by atoms with Gasteiger partial charge in [-0.2, -0.15) is 0 Å². The van der Waals surface area contributed by atoms with Gasteiger partial charge in [0.25, 0.3) is 0 Å². The first-order valence-electron chi connectivity index (χ1n) is 5.52. The molecule has 0 saturated carbocycles. The maximum atomic E-state index is 5.82. The Morgan fingerprint density at radius 1 is 1.24 bits per heavy atom. The number of aryl methyl sites for hydroxylation is 2. The molecule has 0 aliphatic carbocycles. The lowest BCUT2D eigenvalue weighted by molar-refractivity contribution is 0.467. The zero-order valence-electron chi connectivity index (χ0n) is 10.1. The summed E-state index contributed by atoms with van der Waals surface area (Å²) in [4.78, 5) is 4.20. The lowest BCUT2D eigenvalue weighted by Crippen LogP contribution is -2.07. The predicted molar refractivity (Wildman–Crippen MR) is 69.5 cm³/mol. The van der Waals surface area contributed by atoms with Crippen molar-refractivity contribution in [2.24, 2.45) is 0 Å². The summed E-state index contributed by atoms with van der Waals surface area (Å²) in [7, 11) is 0. The number of rotatable bonds is 3. The van der Waals surface area contributed by atoms with Gasteiger partial charge in [0.1, 0.15) is 16.7 Å². The molecule has 90 valence electrons. The van der Waals surface area contributed by atoms with Crippen molar-refractivity contribution < 1.29 is 4.42 Å². The molecule has 0 radical (unpaired) electrons. The Labute approximate surface area is 106 Å². The van der Waals surface area contributed by atoms with Crippen molar-refractivity contribution in [3.05, 3.63) is 46.6 Å². The summed E-state index contributed by atoms with van der Waals surface area (Å²) >= 11 is 5.82. The van der Waals surface area contributed by atoms with E-state index in [0.717, 1.165) is 22.9 Å². The molecule has 1 unspecified atom stereocenters. The number of halogens is 1. The van der Waals surface area contributed by atoms with Crippen LogP contribution in [0.4, 0.5) is 5.69 Å². The quantitative estimate of drug-likeness (QED) is 0.833. The third-order valence-electron chi connectivity index (χ3n) is 2.61. The number of hydrogen-bond donors (Lipinski definition) is 1. The van der Waals surface area contributed by atoms with Crippen LogP contribution in [0.5, 0.6) is 0 Å². The van der Waals surface area contributed by atoms with E-state index in [-0.39, 0.29) is 6.04 Å². The third-order valence-corrected chi connectivity index (χ3v) is 2.82. The van der Waals surface area contributed by atoms with Crippen LogP contribution in [-0.4, -0.2) is 4.98 Å². The van der Waals surface area contributed by atoms with Crippen molar-refractivity contribution in [1.29, 1.82) is 0 Å². The molecule has 2 rings (SSSR count). The molecule has 0 spiro atoms. The topological polar surface area (TPSA) is 38.1 Å². The Balaban J connectivity index is 2.15. The van der Waals surface area contributed by atoms with Crippen molar-refractivity contribution in [2.75, 3.05) is 5.32 Å². The summed E-state index contributed by atoms with van der Waals surface area (Å²) < 4.78 is 5.57. The highest BCUT2D eigenvalue weighted by atomic mass is 35.5. The molecule has 3 nitrogen and oxygen atoms in total. The SMILES string of the molecule is Cc1ccc(C(C)Nc2ccc(Cl)nc2C)o1. The van der Waals surface area contributed by atoms with Gasteiger partial charge < -0.3 is 9.73 Å². The van der Waals surface area contributed by atoms with Gasteiger partial charge >= 0.3 is 0 Å². The molecule has 0 bridgehead atoms. The first-order valence-corrected chi connectivity index (χ1v) is 5.90. The zero-order valence-corrected chi connectivity index (χ0v) is 10.9. The van der Waals surface area contributed by atoms with Gasteiger partial charge in [-0.05, 0) is 45.0 Å². The molecule has 0 fully saturated rings. The van der Waals surface area contributed by atoms with Crippen LogP contribution in [0.25, 0.3) is 0 Å². The van der Waals surface area contributed by atoms with Crippen LogP contribution in [0.15, 0.2) is 28.7 Å². The van der Waals surface area contributed by atoms with Crippen molar-refractivity contribution in [3.8, 4) is 0 Å². The minimum absolute atomic E-state index is 0.102. The van der Waals surface area contributed by atoms with Crippen molar-refractivity contribution >= 4 is 17.3 Å². The number of nitrogens with zero attached hydrogens (tertiary/aromatic N) is 1. The standard InChI is InChI=1S/C13H15ClN2O/c1-8-4-6-12(17-8)10(3)15-11-5-7-13(14)16-9(11)2/h4-7,10,15H,1-3H3. The summed E-state index contributed by atoms with van der Waals surface area (Å²) in [6.07, 6.45) is 0. The Hall–Kier alpha value is -1.48. The van der Waals surface area contributed by atoms with E-state index < -0.39 is 0 Å². The molecule has 4 heteroatoms. The van der Waals surface area contributed by atoms with Gasteiger partial charge in [0.15, 0.2) is 0 Å². The van der Waals surface area contributed by atoms with Crippen molar-refractivity contribution in [3.63, 3.8) is 0 Å². The number of pyridine rings is 1. The third kappa shape index (κ3) is 2.80. The summed E-state index contributed by atoms with van der Waals surface area (Å²) in [6.45, 7) is 5.91. The number of furan rings is 1. The number of anilines is 1. The van der Waals surface area contributed by atoms with Crippen LogP contribution in [0.2, 0.25) is 5.15 Å². The smallest absolute Gasteiger partial charge is 0.129 e. The number of aromatic nitrogens is 1. The predicted octanol–water partition coefficient (Wildman–Crippen LogP) is 4.12. The number of hydrogen-bond acceptors (Lipinski definition) is 3. The monoisotopic (exact) mass is 250 g/mol. The second-order valence-corrected chi connectivity index (χ2v) is 4.47. The van der Waals surface area contributed by atoms with Crippen LogP contribution in [0, 0.1) is 13.8 Å². The minimum atomic E-state index is 0.102. The summed E-state index contributed by atoms with van der Waals surface area (Å²) in [6, 6.07) is 7.74. The molecular formula is C13H15ClN2O. The second kappa shape index (κ2) is 4.80. The fraction of sp³-hybridized carbons (Fsp3) is 0.308. The molecule has 0 aliphatic heterocycles. The van der Waals surface area contributed by atoms with Crippen LogP contribution in [0.3, 0.4) is 0 Å². The van der Waals surface area contributed by atoms with Gasteiger partial charge in [0.2, 0.25) is 0 Å². The lowest BCUT2D eigenvalue weighted by atomic mass is 10.2. The molecule has 2 aromatic heterocycles. The van der Waals surface area contributed by atoms with Crippen LogP contribution in [-0.2, 0) is 0 Å². The van der Waals surface area contributed by atoms with E-state index in [1.54, 1.807) is 6.07 Å². The van der Waals surface area contributed by atoms with Crippen LogP contribution >= 0.6 is 11.6 Å². The van der Waals surface area contributed by atoms with E-state index in [1.807, 2.05) is 39.0 Å². The van der Waals surface area contributed by atoms with E-state index in [2.05, 4.69) is 10.3 Å². The van der Waals surface area contributed by atoms with Crippen molar-refractivity contribution in [1.82, 2.24) is 4.98 Å². The van der Waals surface area contributed by atoms with Crippen molar-refractivity contribution in [2.45, 2.75) is 26.8 Å². The molecule has 0 amide bonds. The molecule has 1 N–H and O–H groups in total. The maximum absolute atomic E-state index is 5.82. The zero-order chi connectivity index (χ0) is 12.4. The van der Waals surface area contributed by atoms with Gasteiger partial charge in [-0.1, -0.05) is 11.6 Å². The van der Waals surface area contributed by atoms with Gasteiger partial charge in [0.05, 0.1) is 17.4 Å². The van der Waals surface area contributed by atoms with Gasteiger partial charge in [-0.15, -0.1) is 0 Å². The van der Waals surface area contributed by atoms with E-state index in [1.165, 1.54) is 0 Å². The molecule has 2 aromatic rings. The Kier molecular flexibility index (Phi) is 3.38. The highest BCUT2D eigenvalue weighted by Crippen LogP contribution is 2.23. The first kappa shape index (κ1) is 12.0. The van der Waals surface area contributed by atoms with E-state index in [0.29, 0.717) is 5.15 Å². The number of nitrogens with one attached hydrogen (secondary N) is 1. The van der Waals surface area contributed by atoms with Gasteiger partial charge in [-0.25, -0.2) is 4.98 Å². The first-order chi connectivity index (χ1) is 8.06. The molecule has 17 heavy (non-hydrogen) atoms. The normalized spacial score (nSPS) is 12.5. The summed E-state index contributed by atoms with van der Waals surface area (Å²) in [5.74, 6) is 1.83. The van der Waals surface area contributed by atoms with Gasteiger partial charge in [0, 0.05) is 0 Å².